The standard InChI is InChI=1S/C22H18FN5O3S/c1-13(29)25-14-6-7-15(17(23)10-14)19-11-32-22(26-19)27-20(30)8-9-28-12-24-18-5-3-2-4-16(18)21(28)31/h2-7,10-12H,8-9H2,1H3,(H,25,29)(H,26,27,30). The summed E-state index contributed by atoms with van der Waals surface area (Å²) in [6, 6.07) is 11.3. The number of carbonyl (C=O) groups excluding carboxylic acids is 2. The van der Waals surface area contributed by atoms with Gasteiger partial charge in [0.25, 0.3) is 5.56 Å². The highest BCUT2D eigenvalue weighted by atomic mass is 32.1. The molecule has 10 heteroatoms. The van der Waals surface area contributed by atoms with Crippen LogP contribution in [0, 0.1) is 5.82 Å². The first kappa shape index (κ1) is 21.3. The summed E-state index contributed by atoms with van der Waals surface area (Å²) in [6.45, 7) is 1.51. The molecular weight excluding hydrogens is 433 g/mol. The number of nitrogens with zero attached hydrogens (tertiary/aromatic N) is 3. The Bertz CT molecular complexity index is 1380. The van der Waals surface area contributed by atoms with Crippen molar-refractivity contribution >= 4 is 44.9 Å². The Labute approximate surface area is 185 Å². The molecule has 4 rings (SSSR count). The molecule has 32 heavy (non-hydrogen) atoms. The minimum atomic E-state index is -0.539. The lowest BCUT2D eigenvalue weighted by atomic mass is 10.1. The normalized spacial score (nSPS) is 10.8. The lowest BCUT2D eigenvalue weighted by molar-refractivity contribution is -0.116. The number of thiazole rings is 1. The smallest absolute Gasteiger partial charge is 0.261 e. The van der Waals surface area contributed by atoms with E-state index in [0.717, 1.165) is 11.3 Å². The first-order valence-corrected chi connectivity index (χ1v) is 10.6. The Morgan fingerprint density at radius 3 is 2.75 bits per heavy atom. The van der Waals surface area contributed by atoms with Crippen LogP contribution < -0.4 is 16.2 Å². The van der Waals surface area contributed by atoms with Gasteiger partial charge in [0.05, 0.1) is 22.9 Å². The zero-order valence-corrected chi connectivity index (χ0v) is 17.8. The molecule has 0 radical (unpaired) electrons. The average Bonchev–Trinajstić information content (AvgIpc) is 3.21. The second kappa shape index (κ2) is 9.06. The minimum absolute atomic E-state index is 0.0502. The number of amides is 2. The van der Waals surface area contributed by atoms with Crippen LogP contribution >= 0.6 is 11.3 Å². The van der Waals surface area contributed by atoms with Gasteiger partial charge in [-0.25, -0.2) is 14.4 Å². The van der Waals surface area contributed by atoms with Gasteiger partial charge in [-0.15, -0.1) is 11.3 Å². The topological polar surface area (TPSA) is 106 Å². The third kappa shape index (κ3) is 4.70. The number of nitrogens with one attached hydrogen (secondary N) is 2. The summed E-state index contributed by atoms with van der Waals surface area (Å²) in [6.07, 6.45) is 1.47. The Hall–Kier alpha value is -3.92. The molecule has 2 N–H and O–H groups in total. The van der Waals surface area contributed by atoms with Gasteiger partial charge >= 0.3 is 0 Å². The van der Waals surface area contributed by atoms with Gasteiger partial charge in [-0.1, -0.05) is 12.1 Å². The van der Waals surface area contributed by atoms with Crippen LogP contribution in [0.4, 0.5) is 15.2 Å². The number of benzene rings is 2. The molecule has 0 aliphatic carbocycles. The van der Waals surface area contributed by atoms with Crippen molar-refractivity contribution in [1.29, 1.82) is 0 Å². The van der Waals surface area contributed by atoms with Crippen LogP contribution in [0.2, 0.25) is 0 Å². The van der Waals surface area contributed by atoms with Crippen molar-refractivity contribution in [2.75, 3.05) is 10.6 Å². The zero-order valence-electron chi connectivity index (χ0n) is 17.0. The molecule has 0 atom stereocenters. The van der Waals surface area contributed by atoms with E-state index in [1.165, 1.54) is 30.0 Å². The Kier molecular flexibility index (Phi) is 6.04. The van der Waals surface area contributed by atoms with Gasteiger partial charge < -0.3 is 10.6 Å². The van der Waals surface area contributed by atoms with E-state index in [2.05, 4.69) is 20.6 Å². The summed E-state index contributed by atoms with van der Waals surface area (Å²) in [4.78, 5) is 44.4. The molecule has 2 aromatic carbocycles. The van der Waals surface area contributed by atoms with Crippen LogP contribution in [-0.4, -0.2) is 26.3 Å². The van der Waals surface area contributed by atoms with E-state index < -0.39 is 5.82 Å². The molecule has 0 aliphatic rings. The third-order valence-corrected chi connectivity index (χ3v) is 5.38. The number of para-hydroxylation sites is 1. The second-order valence-electron chi connectivity index (χ2n) is 6.97. The van der Waals surface area contributed by atoms with E-state index in [9.17, 15) is 18.8 Å². The van der Waals surface area contributed by atoms with Crippen LogP contribution in [0.5, 0.6) is 0 Å². The molecule has 2 heterocycles. The van der Waals surface area contributed by atoms with E-state index in [-0.39, 0.29) is 35.9 Å². The predicted molar refractivity (Wildman–Crippen MR) is 121 cm³/mol. The van der Waals surface area contributed by atoms with Crippen LogP contribution in [0.25, 0.3) is 22.2 Å². The van der Waals surface area contributed by atoms with Crippen LogP contribution in [0.3, 0.4) is 0 Å². The second-order valence-corrected chi connectivity index (χ2v) is 7.83. The zero-order chi connectivity index (χ0) is 22.7. The highest BCUT2D eigenvalue weighted by Gasteiger charge is 2.13. The molecule has 2 amide bonds. The number of aryl methyl sites for hydroxylation is 1. The van der Waals surface area contributed by atoms with Crippen molar-refractivity contribution in [3.8, 4) is 11.3 Å². The highest BCUT2D eigenvalue weighted by Crippen LogP contribution is 2.28. The molecular formula is C22H18FN5O3S. The van der Waals surface area contributed by atoms with Gasteiger partial charge in [0.1, 0.15) is 5.82 Å². The Balaban J connectivity index is 1.41. The van der Waals surface area contributed by atoms with Gasteiger partial charge in [-0.2, -0.15) is 0 Å². The van der Waals surface area contributed by atoms with Gasteiger partial charge in [-0.05, 0) is 30.3 Å². The summed E-state index contributed by atoms with van der Waals surface area (Å²) in [5.74, 6) is -1.16. The Morgan fingerprint density at radius 2 is 1.97 bits per heavy atom. The number of aromatic nitrogens is 3. The van der Waals surface area contributed by atoms with Gasteiger partial charge in [0, 0.05) is 36.5 Å². The maximum Gasteiger partial charge on any atom is 0.261 e. The maximum atomic E-state index is 14.4. The summed E-state index contributed by atoms with van der Waals surface area (Å²) < 4.78 is 15.8. The van der Waals surface area contributed by atoms with Crippen molar-refractivity contribution in [1.82, 2.24) is 14.5 Å². The number of fused-ring (bicyclic) bond motifs is 1. The fourth-order valence-corrected chi connectivity index (χ4v) is 3.85. The molecule has 4 aromatic rings. The lowest BCUT2D eigenvalue weighted by Crippen LogP contribution is -2.23. The molecule has 0 saturated carbocycles. The van der Waals surface area contributed by atoms with Gasteiger partial charge in [0.15, 0.2) is 5.13 Å². The number of anilines is 2. The van der Waals surface area contributed by atoms with E-state index >= 15 is 0 Å². The molecule has 8 nitrogen and oxygen atoms in total. The van der Waals surface area contributed by atoms with Crippen molar-refractivity contribution in [3.05, 3.63) is 70.3 Å². The summed E-state index contributed by atoms with van der Waals surface area (Å²) in [5, 5.41) is 7.62. The first-order valence-electron chi connectivity index (χ1n) is 9.68. The largest absolute Gasteiger partial charge is 0.326 e. The van der Waals surface area contributed by atoms with Gasteiger partial charge in [-0.3, -0.25) is 19.0 Å². The Morgan fingerprint density at radius 1 is 1.16 bits per heavy atom. The van der Waals surface area contributed by atoms with Crippen molar-refractivity contribution in [3.63, 3.8) is 0 Å². The third-order valence-electron chi connectivity index (χ3n) is 4.63. The number of hydrogen-bond acceptors (Lipinski definition) is 6. The molecule has 0 fully saturated rings. The van der Waals surface area contributed by atoms with Crippen molar-refractivity contribution < 1.29 is 14.0 Å². The molecule has 0 bridgehead atoms. The van der Waals surface area contributed by atoms with Gasteiger partial charge in [0.2, 0.25) is 11.8 Å². The summed E-state index contributed by atoms with van der Waals surface area (Å²) in [5.41, 5.74) is 1.36. The van der Waals surface area contributed by atoms with E-state index in [1.807, 2.05) is 0 Å². The summed E-state index contributed by atoms with van der Waals surface area (Å²) >= 11 is 1.16. The molecule has 2 aromatic heterocycles. The minimum Gasteiger partial charge on any atom is -0.326 e. The lowest BCUT2D eigenvalue weighted by Gasteiger charge is -2.06. The van der Waals surface area contributed by atoms with Crippen LogP contribution in [-0.2, 0) is 16.1 Å². The van der Waals surface area contributed by atoms with Crippen molar-refractivity contribution in [2.45, 2.75) is 19.9 Å². The quantitative estimate of drug-likeness (QED) is 0.466. The fourth-order valence-electron chi connectivity index (χ4n) is 3.13. The van der Waals surface area contributed by atoms with Crippen LogP contribution in [0.1, 0.15) is 13.3 Å². The SMILES string of the molecule is CC(=O)Nc1ccc(-c2csc(NC(=O)CCn3cnc4ccccc4c3=O)n2)c(F)c1. The van der Waals surface area contributed by atoms with Crippen LogP contribution in [0.15, 0.2) is 59.0 Å². The molecule has 0 aliphatic heterocycles. The molecule has 162 valence electrons. The first-order chi connectivity index (χ1) is 15.4. The molecule has 0 spiro atoms. The average molecular weight is 451 g/mol. The predicted octanol–water partition coefficient (Wildman–Crippen LogP) is 3.65. The number of hydrogen-bond donors (Lipinski definition) is 2. The van der Waals surface area contributed by atoms with E-state index in [0.29, 0.717) is 27.4 Å². The molecule has 0 saturated heterocycles. The number of carbonyl (C=O) groups is 2. The fraction of sp³-hybridized carbons (Fsp3) is 0.136. The molecule has 0 unspecified atom stereocenters. The van der Waals surface area contributed by atoms with E-state index in [1.54, 1.807) is 35.7 Å². The number of rotatable bonds is 6. The monoisotopic (exact) mass is 451 g/mol. The highest BCUT2D eigenvalue weighted by molar-refractivity contribution is 7.14. The van der Waals surface area contributed by atoms with Crippen molar-refractivity contribution in [2.24, 2.45) is 0 Å². The maximum absolute atomic E-state index is 14.4. The van der Waals surface area contributed by atoms with E-state index in [4.69, 9.17) is 0 Å². The summed E-state index contributed by atoms with van der Waals surface area (Å²) in [7, 11) is 0. The number of halogens is 1.